The smallest absolute Gasteiger partial charge is 0.668 e. The summed E-state index contributed by atoms with van der Waals surface area (Å²) in [5.74, 6) is 4.19. The minimum absolute atomic E-state index is 0. The molecule has 12 nitrogen and oxygen atoms in total. The first-order valence-electron chi connectivity index (χ1n) is 27.3. The van der Waals surface area contributed by atoms with Gasteiger partial charge in [-0.2, -0.15) is 84.6 Å². The van der Waals surface area contributed by atoms with E-state index in [9.17, 15) is 0 Å². The molecule has 528 valence electrons. The number of hydrogen-bond donors (Lipinski definition) is 6. The van der Waals surface area contributed by atoms with E-state index in [0.717, 1.165) is 23.7 Å². The fourth-order valence-corrected chi connectivity index (χ4v) is 4.52. The molecule has 0 bridgehead atoms. The third-order valence-corrected chi connectivity index (χ3v) is 6.58. The van der Waals surface area contributed by atoms with Crippen LogP contribution in [0.2, 0.25) is 0 Å². The van der Waals surface area contributed by atoms with Gasteiger partial charge in [-0.3, -0.25) is 0 Å². The number of rotatable bonds is 0. The van der Waals surface area contributed by atoms with E-state index < -0.39 is 33.6 Å². The summed E-state index contributed by atoms with van der Waals surface area (Å²) in [4.78, 5) is 0. The molecule has 0 atom stereocenters. The van der Waals surface area contributed by atoms with Gasteiger partial charge in [0.2, 0.25) is 0 Å². The van der Waals surface area contributed by atoms with Crippen molar-refractivity contribution in [2.75, 3.05) is 84.6 Å². The molecule has 4 rings (SSSR count). The summed E-state index contributed by atoms with van der Waals surface area (Å²) in [6.45, 7) is 40.7. The SMILES string of the molecule is C.C.C.C.CC(C)(C)O.CC(C)(C)O.CC(C)(C)O.CC(C)(C)O.CC(C)(C)O.CC(C)(C)O.CC1CCCC1.CC1CCCC1.CC1CCCC1.CC1CCCC1.C[N-]C.C[N-]C.C[N-]C.C[N-]C.C[N-]C.C[N-]C.[CH3-].[CH3-].[CH3-].[CH3-].[Hf+4].[Hf].[Zr+4].[Zr]. The first-order valence-corrected chi connectivity index (χ1v) is 27.3. The monoisotopic (exact) mass is 1710 g/mol. The maximum absolute atomic E-state index is 8.52. The van der Waals surface area contributed by atoms with Gasteiger partial charge >= 0.3 is 52.0 Å². The topological polar surface area (TPSA) is 206 Å². The van der Waals surface area contributed by atoms with Crippen LogP contribution in [0, 0.1) is 53.4 Å². The van der Waals surface area contributed by atoms with Crippen LogP contribution >= 0.6 is 0 Å². The van der Waals surface area contributed by atoms with Crippen LogP contribution in [0.4, 0.5) is 0 Å². The van der Waals surface area contributed by atoms with E-state index in [1.807, 2.05) is 0 Å². The Balaban J connectivity index is -0.0000000207. The van der Waals surface area contributed by atoms with Gasteiger partial charge in [-0.25, -0.2) is 0 Å². The summed E-state index contributed by atoms with van der Waals surface area (Å²) in [6.07, 6.45) is 23.8. The first kappa shape index (κ1) is 162. The van der Waals surface area contributed by atoms with Crippen LogP contribution in [0.1, 0.15) is 285 Å². The second-order valence-corrected chi connectivity index (χ2v) is 25.3. The Morgan fingerprint density at radius 3 is 0.298 bits per heavy atom. The molecule has 0 aromatic carbocycles. The van der Waals surface area contributed by atoms with Gasteiger partial charge in [-0.1, -0.05) is 160 Å². The molecule has 0 saturated heterocycles. The predicted octanol–water partition coefficient (Wildman–Crippen LogP) is 21.5. The maximum Gasteiger partial charge on any atom is 4.00 e. The normalized spacial score (nSPS) is 12.9. The van der Waals surface area contributed by atoms with Gasteiger partial charge in [0, 0.05) is 52.0 Å². The Morgan fingerprint density at radius 1 is 0.250 bits per heavy atom. The summed E-state index contributed by atoms with van der Waals surface area (Å²) < 4.78 is 0. The molecule has 0 amide bonds. The van der Waals surface area contributed by atoms with Crippen LogP contribution in [0.5, 0.6) is 0 Å². The third kappa shape index (κ3) is 624. The van der Waals surface area contributed by atoms with E-state index in [2.05, 4.69) is 59.6 Å². The molecular weight excluding hydrogens is 1540 g/mol. The molecule has 0 aromatic heterocycles. The first-order chi connectivity index (χ1) is 32.1. The quantitative estimate of drug-likeness (QED) is 0.103. The van der Waals surface area contributed by atoms with Crippen LogP contribution in [-0.2, 0) is 104 Å². The van der Waals surface area contributed by atoms with Gasteiger partial charge in [0.25, 0.3) is 0 Å². The molecule has 0 heterocycles. The molecule has 4 fully saturated rings. The van der Waals surface area contributed by atoms with Crippen molar-refractivity contribution in [1.29, 1.82) is 0 Å². The van der Waals surface area contributed by atoms with E-state index in [-0.39, 0.29) is 164 Å². The van der Waals surface area contributed by atoms with Gasteiger partial charge in [0.1, 0.15) is 0 Å². The minimum Gasteiger partial charge on any atom is -0.668 e. The second kappa shape index (κ2) is 117. The fraction of sp³-hybridized carbons (Fsp3) is 0.941. The molecule has 0 spiro atoms. The summed E-state index contributed by atoms with van der Waals surface area (Å²) in [5.41, 5.74) is -3.00. The van der Waals surface area contributed by atoms with Crippen molar-refractivity contribution >= 4 is 0 Å². The van der Waals surface area contributed by atoms with Crippen molar-refractivity contribution in [3.63, 3.8) is 0 Å². The Morgan fingerprint density at radius 2 is 0.286 bits per heavy atom. The Bertz CT molecular complexity index is 664. The van der Waals surface area contributed by atoms with Crippen molar-refractivity contribution in [2.24, 2.45) is 23.7 Å². The largest absolute Gasteiger partial charge is 4.00 e. The summed E-state index contributed by atoms with van der Waals surface area (Å²) in [6, 6.07) is 0. The second-order valence-electron chi connectivity index (χ2n) is 25.3. The molecule has 4 saturated carbocycles. The van der Waals surface area contributed by atoms with Crippen molar-refractivity contribution in [2.45, 2.75) is 318 Å². The molecule has 0 radical (unpaired) electrons. The van der Waals surface area contributed by atoms with E-state index in [1.54, 1.807) is 209 Å². The predicted molar refractivity (Wildman–Crippen MR) is 386 cm³/mol. The zero-order valence-electron chi connectivity index (χ0n) is 62.0. The zero-order chi connectivity index (χ0) is 60.9. The zero-order valence-corrected chi connectivity index (χ0v) is 74.1. The molecule has 4 aliphatic carbocycles. The number of aliphatic hydroxyl groups is 6. The third-order valence-electron chi connectivity index (χ3n) is 6.58. The maximum atomic E-state index is 8.52. The van der Waals surface area contributed by atoms with Gasteiger partial charge in [-0.15, -0.1) is 0 Å². The summed E-state index contributed by atoms with van der Waals surface area (Å²) >= 11 is 0. The van der Waals surface area contributed by atoms with Crippen molar-refractivity contribution in [3.05, 3.63) is 61.6 Å². The molecule has 84 heavy (non-hydrogen) atoms. The Labute approximate surface area is 617 Å². The summed E-state index contributed by atoms with van der Waals surface area (Å²) in [7, 11) is 21.0. The van der Waals surface area contributed by atoms with Crippen LogP contribution < -0.4 is 0 Å². The Kier molecular flexibility index (Phi) is 225. The summed E-state index contributed by atoms with van der Waals surface area (Å²) in [5, 5.41) is 72.1. The van der Waals surface area contributed by atoms with E-state index >= 15 is 0 Å². The average Bonchev–Trinajstić information content (AvgIpc) is 3.96. The van der Waals surface area contributed by atoms with E-state index in [1.165, 1.54) is 103 Å². The minimum atomic E-state index is -0.500. The average molecular weight is 1710 g/mol. The van der Waals surface area contributed by atoms with E-state index in [0.29, 0.717) is 0 Å². The van der Waals surface area contributed by atoms with Crippen LogP contribution in [0.25, 0.3) is 31.9 Å². The molecular formula is C68H172Hf2N6O6Zr2-2. The number of hydrogen-bond acceptors (Lipinski definition) is 6. The molecule has 0 aliphatic heterocycles. The van der Waals surface area contributed by atoms with Gasteiger partial charge in [-0.05, 0) is 148 Å². The van der Waals surface area contributed by atoms with Crippen molar-refractivity contribution in [1.82, 2.24) is 0 Å². The molecule has 6 N–H and O–H groups in total. The van der Waals surface area contributed by atoms with Gasteiger partial charge in [0.15, 0.2) is 0 Å². The van der Waals surface area contributed by atoms with Gasteiger partial charge < -0.3 is 92.2 Å². The van der Waals surface area contributed by atoms with Crippen LogP contribution in [-0.4, -0.2) is 149 Å². The molecule has 4 aliphatic rings. The fourth-order valence-electron chi connectivity index (χ4n) is 4.52. The van der Waals surface area contributed by atoms with Gasteiger partial charge in [0.05, 0.1) is 33.6 Å². The molecule has 16 heteroatoms. The van der Waals surface area contributed by atoms with Crippen LogP contribution in [0.3, 0.4) is 0 Å². The molecule has 0 aromatic rings. The van der Waals surface area contributed by atoms with Crippen molar-refractivity contribution < 1.29 is 135 Å². The van der Waals surface area contributed by atoms with Crippen molar-refractivity contribution in [3.8, 4) is 0 Å². The number of nitrogens with zero attached hydrogens (tertiary/aromatic N) is 6. The standard InChI is InChI=1S/4C6H12.6C4H10O.6C2H6N.4CH4.4CH3.2Hf.2Zr/c4*1-6-4-2-3-5-6;6*1-4(2,3)5;6*1-3-2;;;;;;;;;;;;/h4*6H,2-5H2,1H3;6*5H,1-3H3;6*1-2H3;4*1H4;4*1H3;;;;/q;;;;;;;;;;6*-1;;;;;4*-1;;+4;;+4. The Hall–Kier alpha value is 3.03. The molecule has 0 unspecified atom stereocenters. The van der Waals surface area contributed by atoms with Crippen LogP contribution in [0.15, 0.2) is 0 Å². The van der Waals surface area contributed by atoms with E-state index in [4.69, 9.17) is 30.6 Å².